The standard InChI is InChI=1S/C22H23N7/c23-20-11-19(21(24)22(27-20)28-25)10-16-12-26-29(14-16)13-15-6-8-18(9-7-15)17-4-2-1-3-5-17/h1-9,11-12,14H,10,13,24-25H2,(H3,23,27,28). The molecule has 0 aliphatic carbocycles. The number of aromatic nitrogens is 3. The van der Waals surface area contributed by atoms with Crippen molar-refractivity contribution >= 4 is 17.3 Å². The zero-order chi connectivity index (χ0) is 20.2. The molecule has 4 rings (SSSR count). The number of hydrogen-bond donors (Lipinski definition) is 4. The molecular formula is C22H23N7. The lowest BCUT2D eigenvalue weighted by atomic mass is 10.0. The van der Waals surface area contributed by atoms with E-state index in [1.807, 2.05) is 35.3 Å². The van der Waals surface area contributed by atoms with Crippen LogP contribution in [0.4, 0.5) is 17.3 Å². The van der Waals surface area contributed by atoms with E-state index in [0.717, 1.165) is 11.1 Å². The zero-order valence-electron chi connectivity index (χ0n) is 15.9. The Bertz CT molecular complexity index is 1100. The van der Waals surface area contributed by atoms with E-state index in [-0.39, 0.29) is 0 Å². The van der Waals surface area contributed by atoms with E-state index >= 15 is 0 Å². The minimum atomic E-state index is 0.369. The number of nitrogens with zero attached hydrogens (tertiary/aromatic N) is 3. The molecule has 0 atom stereocenters. The summed E-state index contributed by atoms with van der Waals surface area (Å²) in [7, 11) is 0. The molecule has 0 unspecified atom stereocenters. The first kappa shape index (κ1) is 18.5. The van der Waals surface area contributed by atoms with Gasteiger partial charge in [-0.25, -0.2) is 10.8 Å². The van der Waals surface area contributed by atoms with Gasteiger partial charge in [0.15, 0.2) is 5.82 Å². The Morgan fingerprint density at radius 3 is 2.34 bits per heavy atom. The van der Waals surface area contributed by atoms with Crippen LogP contribution in [0, 0.1) is 0 Å². The molecule has 0 spiro atoms. The van der Waals surface area contributed by atoms with E-state index in [4.69, 9.17) is 17.3 Å². The summed E-state index contributed by atoms with van der Waals surface area (Å²) in [5, 5.41) is 4.47. The summed E-state index contributed by atoms with van der Waals surface area (Å²) in [6.45, 7) is 0.693. The maximum atomic E-state index is 6.12. The van der Waals surface area contributed by atoms with Crippen LogP contribution in [0.5, 0.6) is 0 Å². The Hall–Kier alpha value is -3.84. The third-order valence-electron chi connectivity index (χ3n) is 4.79. The van der Waals surface area contributed by atoms with Crippen LogP contribution in [-0.4, -0.2) is 14.8 Å². The van der Waals surface area contributed by atoms with Gasteiger partial charge in [-0.1, -0.05) is 54.6 Å². The third-order valence-corrected chi connectivity index (χ3v) is 4.79. The van der Waals surface area contributed by atoms with Gasteiger partial charge in [-0.15, -0.1) is 0 Å². The summed E-state index contributed by atoms with van der Waals surface area (Å²) >= 11 is 0. The molecular weight excluding hydrogens is 362 g/mol. The molecule has 0 saturated heterocycles. The second kappa shape index (κ2) is 8.04. The van der Waals surface area contributed by atoms with Crippen molar-refractivity contribution in [2.24, 2.45) is 5.84 Å². The van der Waals surface area contributed by atoms with E-state index < -0.39 is 0 Å². The molecule has 0 aliphatic rings. The lowest BCUT2D eigenvalue weighted by Crippen LogP contribution is -2.13. The summed E-state index contributed by atoms with van der Waals surface area (Å²) in [4.78, 5) is 4.08. The second-order valence-electron chi connectivity index (χ2n) is 6.90. The third kappa shape index (κ3) is 4.20. The molecule has 146 valence electrons. The summed E-state index contributed by atoms with van der Waals surface area (Å²) in [6, 6.07) is 20.6. The molecule has 2 aromatic carbocycles. The van der Waals surface area contributed by atoms with E-state index in [0.29, 0.717) is 30.3 Å². The average Bonchev–Trinajstić information content (AvgIpc) is 3.18. The van der Waals surface area contributed by atoms with Crippen LogP contribution < -0.4 is 22.7 Å². The summed E-state index contributed by atoms with van der Waals surface area (Å²) < 4.78 is 1.91. The van der Waals surface area contributed by atoms with Gasteiger partial charge in [0, 0.05) is 12.6 Å². The maximum Gasteiger partial charge on any atom is 0.165 e. The Morgan fingerprint density at radius 2 is 1.62 bits per heavy atom. The van der Waals surface area contributed by atoms with Crippen molar-refractivity contribution in [3.8, 4) is 11.1 Å². The van der Waals surface area contributed by atoms with Crippen LogP contribution >= 0.6 is 0 Å². The van der Waals surface area contributed by atoms with Gasteiger partial charge < -0.3 is 16.9 Å². The van der Waals surface area contributed by atoms with Crippen LogP contribution in [0.15, 0.2) is 73.1 Å². The van der Waals surface area contributed by atoms with Crippen LogP contribution in [0.3, 0.4) is 0 Å². The smallest absolute Gasteiger partial charge is 0.165 e. The SMILES string of the molecule is NNc1nc(N)cc(Cc2cnn(Cc3ccc(-c4ccccc4)cc3)c2)c1N. The highest BCUT2D eigenvalue weighted by Crippen LogP contribution is 2.25. The van der Waals surface area contributed by atoms with Crippen LogP contribution in [-0.2, 0) is 13.0 Å². The summed E-state index contributed by atoms with van der Waals surface area (Å²) in [5.41, 5.74) is 20.4. The number of rotatable bonds is 6. The number of benzene rings is 2. The molecule has 0 amide bonds. The Morgan fingerprint density at radius 1 is 0.897 bits per heavy atom. The number of nitrogens with one attached hydrogen (secondary N) is 1. The lowest BCUT2D eigenvalue weighted by molar-refractivity contribution is 0.686. The molecule has 4 aromatic rings. The first-order chi connectivity index (χ1) is 14.1. The fourth-order valence-corrected chi connectivity index (χ4v) is 3.31. The number of pyridine rings is 1. The lowest BCUT2D eigenvalue weighted by Gasteiger charge is -2.10. The topological polar surface area (TPSA) is 121 Å². The van der Waals surface area contributed by atoms with Gasteiger partial charge in [0.25, 0.3) is 0 Å². The maximum absolute atomic E-state index is 6.12. The van der Waals surface area contributed by atoms with Gasteiger partial charge >= 0.3 is 0 Å². The average molecular weight is 385 g/mol. The van der Waals surface area contributed by atoms with Crippen LogP contribution in [0.25, 0.3) is 11.1 Å². The number of anilines is 3. The largest absolute Gasteiger partial charge is 0.395 e. The summed E-state index contributed by atoms with van der Waals surface area (Å²) in [6.07, 6.45) is 4.45. The molecule has 7 heteroatoms. The van der Waals surface area contributed by atoms with Gasteiger partial charge in [0.1, 0.15) is 5.82 Å². The van der Waals surface area contributed by atoms with E-state index in [9.17, 15) is 0 Å². The van der Waals surface area contributed by atoms with E-state index in [2.05, 4.69) is 51.9 Å². The van der Waals surface area contributed by atoms with Crippen molar-refractivity contribution in [2.45, 2.75) is 13.0 Å². The van der Waals surface area contributed by atoms with Crippen molar-refractivity contribution in [2.75, 3.05) is 16.9 Å². The monoisotopic (exact) mass is 385 g/mol. The molecule has 7 N–H and O–H groups in total. The first-order valence-electron chi connectivity index (χ1n) is 9.29. The van der Waals surface area contributed by atoms with E-state index in [1.165, 1.54) is 16.7 Å². The van der Waals surface area contributed by atoms with Gasteiger partial charge in [-0.2, -0.15) is 5.10 Å². The van der Waals surface area contributed by atoms with Gasteiger partial charge in [-0.3, -0.25) is 4.68 Å². The molecule has 0 aliphatic heterocycles. The molecule has 0 radical (unpaired) electrons. The Labute approximate surface area is 169 Å². The van der Waals surface area contributed by atoms with Crippen molar-refractivity contribution in [1.29, 1.82) is 0 Å². The van der Waals surface area contributed by atoms with Crippen molar-refractivity contribution in [1.82, 2.24) is 14.8 Å². The molecule has 2 heterocycles. The molecule has 2 aromatic heterocycles. The Balaban J connectivity index is 1.47. The molecule has 0 saturated carbocycles. The minimum absolute atomic E-state index is 0.369. The summed E-state index contributed by atoms with van der Waals surface area (Å²) in [5.74, 6) is 6.20. The van der Waals surface area contributed by atoms with Crippen LogP contribution in [0.2, 0.25) is 0 Å². The van der Waals surface area contributed by atoms with Crippen molar-refractivity contribution < 1.29 is 0 Å². The number of nitrogen functional groups attached to an aromatic ring is 3. The molecule has 7 nitrogen and oxygen atoms in total. The van der Waals surface area contributed by atoms with Crippen LogP contribution in [0.1, 0.15) is 16.7 Å². The minimum Gasteiger partial charge on any atom is -0.395 e. The number of hydrazine groups is 1. The van der Waals surface area contributed by atoms with Crippen molar-refractivity contribution in [3.63, 3.8) is 0 Å². The van der Waals surface area contributed by atoms with Gasteiger partial charge in [-0.05, 0) is 33.9 Å². The predicted molar refractivity (Wildman–Crippen MR) is 117 cm³/mol. The Kier molecular flexibility index (Phi) is 5.13. The van der Waals surface area contributed by atoms with Gasteiger partial charge in [0.05, 0.1) is 18.4 Å². The second-order valence-corrected chi connectivity index (χ2v) is 6.90. The quantitative estimate of drug-likeness (QED) is 0.299. The van der Waals surface area contributed by atoms with Gasteiger partial charge in [0.2, 0.25) is 0 Å². The number of hydrogen-bond acceptors (Lipinski definition) is 6. The number of nitrogens with two attached hydrogens (primary N) is 3. The predicted octanol–water partition coefficient (Wildman–Crippen LogP) is 3.03. The first-order valence-corrected chi connectivity index (χ1v) is 9.29. The molecule has 29 heavy (non-hydrogen) atoms. The molecule has 0 fully saturated rings. The highest BCUT2D eigenvalue weighted by atomic mass is 15.3. The highest BCUT2D eigenvalue weighted by Gasteiger charge is 2.10. The van der Waals surface area contributed by atoms with Crippen molar-refractivity contribution in [3.05, 3.63) is 89.7 Å². The zero-order valence-corrected chi connectivity index (χ0v) is 15.9. The fourth-order valence-electron chi connectivity index (χ4n) is 3.31. The molecule has 0 bridgehead atoms. The highest BCUT2D eigenvalue weighted by molar-refractivity contribution is 5.68. The fraction of sp³-hybridized carbons (Fsp3) is 0.0909. The van der Waals surface area contributed by atoms with E-state index in [1.54, 1.807) is 6.07 Å². The normalized spacial score (nSPS) is 10.8.